The summed E-state index contributed by atoms with van der Waals surface area (Å²) in [5.41, 5.74) is 0. The standard InChI is InChI=1S/C12H21NO3/c14-11-7-3-6-10(11)13(8-12(15)16)9-4-1-2-5-9/h9-11,14H,1-8H2,(H,15,16). The van der Waals surface area contributed by atoms with Gasteiger partial charge >= 0.3 is 5.97 Å². The first-order chi connectivity index (χ1) is 7.68. The van der Waals surface area contributed by atoms with Gasteiger partial charge in [0.1, 0.15) is 0 Å². The van der Waals surface area contributed by atoms with Crippen molar-refractivity contribution in [2.75, 3.05) is 6.54 Å². The molecule has 2 unspecified atom stereocenters. The molecule has 2 N–H and O–H groups in total. The molecule has 2 rings (SSSR count). The summed E-state index contributed by atoms with van der Waals surface area (Å²) in [4.78, 5) is 13.0. The predicted molar refractivity (Wildman–Crippen MR) is 60.2 cm³/mol. The molecule has 0 aromatic carbocycles. The minimum absolute atomic E-state index is 0.0826. The van der Waals surface area contributed by atoms with Crippen molar-refractivity contribution < 1.29 is 15.0 Å². The molecule has 2 fully saturated rings. The van der Waals surface area contributed by atoms with Crippen LogP contribution in [-0.4, -0.2) is 45.8 Å². The average molecular weight is 227 g/mol. The maximum absolute atomic E-state index is 10.9. The average Bonchev–Trinajstić information content (AvgIpc) is 2.84. The smallest absolute Gasteiger partial charge is 0.317 e. The van der Waals surface area contributed by atoms with Gasteiger partial charge in [-0.15, -0.1) is 0 Å². The van der Waals surface area contributed by atoms with E-state index < -0.39 is 5.97 Å². The summed E-state index contributed by atoms with van der Waals surface area (Å²) in [5, 5.41) is 18.9. The Morgan fingerprint density at radius 2 is 1.81 bits per heavy atom. The highest BCUT2D eigenvalue weighted by atomic mass is 16.4. The SMILES string of the molecule is O=C(O)CN(C1CCCC1)C1CCCC1O. The van der Waals surface area contributed by atoms with E-state index in [1.807, 2.05) is 4.90 Å². The molecular formula is C12H21NO3. The number of aliphatic carboxylic acids is 1. The maximum Gasteiger partial charge on any atom is 0.317 e. The van der Waals surface area contributed by atoms with Gasteiger partial charge in [-0.1, -0.05) is 12.8 Å². The van der Waals surface area contributed by atoms with Gasteiger partial charge in [0.05, 0.1) is 12.6 Å². The number of rotatable bonds is 4. The number of carboxylic acids is 1. The van der Waals surface area contributed by atoms with Crippen LogP contribution < -0.4 is 0 Å². The second kappa shape index (κ2) is 5.15. The molecular weight excluding hydrogens is 206 g/mol. The van der Waals surface area contributed by atoms with Crippen molar-refractivity contribution in [2.24, 2.45) is 0 Å². The molecule has 4 heteroatoms. The molecule has 0 aromatic heterocycles. The molecule has 0 amide bonds. The summed E-state index contributed by atoms with van der Waals surface area (Å²) >= 11 is 0. The molecule has 92 valence electrons. The number of hydrogen-bond donors (Lipinski definition) is 2. The van der Waals surface area contributed by atoms with Gasteiger partial charge in [0.25, 0.3) is 0 Å². The van der Waals surface area contributed by atoms with Gasteiger partial charge < -0.3 is 10.2 Å². The van der Waals surface area contributed by atoms with Gasteiger partial charge in [-0.25, -0.2) is 0 Å². The van der Waals surface area contributed by atoms with E-state index in [4.69, 9.17) is 5.11 Å². The first-order valence-electron chi connectivity index (χ1n) is 6.34. The quantitative estimate of drug-likeness (QED) is 0.758. The Morgan fingerprint density at radius 1 is 1.12 bits per heavy atom. The first-order valence-corrected chi connectivity index (χ1v) is 6.34. The number of nitrogens with zero attached hydrogens (tertiary/aromatic N) is 1. The van der Waals surface area contributed by atoms with Crippen LogP contribution in [0.4, 0.5) is 0 Å². The lowest BCUT2D eigenvalue weighted by Gasteiger charge is -2.34. The summed E-state index contributed by atoms with van der Waals surface area (Å²) in [5.74, 6) is -0.772. The summed E-state index contributed by atoms with van der Waals surface area (Å²) in [6.45, 7) is 0.0897. The van der Waals surface area contributed by atoms with Crippen LogP contribution in [0.15, 0.2) is 0 Å². The van der Waals surface area contributed by atoms with Crippen LogP contribution in [0.25, 0.3) is 0 Å². The molecule has 2 aliphatic rings. The molecule has 0 spiro atoms. The van der Waals surface area contributed by atoms with Gasteiger partial charge in [-0.05, 0) is 32.1 Å². The van der Waals surface area contributed by atoms with Crippen LogP contribution in [0.3, 0.4) is 0 Å². The topological polar surface area (TPSA) is 60.8 Å². The Morgan fingerprint density at radius 3 is 2.31 bits per heavy atom. The van der Waals surface area contributed by atoms with Crippen LogP contribution in [-0.2, 0) is 4.79 Å². The predicted octanol–water partition coefficient (Wildman–Crippen LogP) is 1.23. The fourth-order valence-corrected chi connectivity index (χ4v) is 3.22. The maximum atomic E-state index is 10.9. The third-order valence-electron chi connectivity index (χ3n) is 3.98. The van der Waals surface area contributed by atoms with E-state index in [-0.39, 0.29) is 18.7 Å². The van der Waals surface area contributed by atoms with Gasteiger partial charge in [-0.3, -0.25) is 9.69 Å². The number of carboxylic acid groups (broad SMARTS) is 1. The second-order valence-electron chi connectivity index (χ2n) is 5.07. The lowest BCUT2D eigenvalue weighted by atomic mass is 10.1. The fraction of sp³-hybridized carbons (Fsp3) is 0.917. The van der Waals surface area contributed by atoms with Crippen molar-refractivity contribution in [1.82, 2.24) is 4.90 Å². The largest absolute Gasteiger partial charge is 0.480 e. The molecule has 0 bridgehead atoms. The van der Waals surface area contributed by atoms with Crippen LogP contribution in [0.2, 0.25) is 0 Å². The van der Waals surface area contributed by atoms with Gasteiger partial charge in [0.2, 0.25) is 0 Å². The second-order valence-corrected chi connectivity index (χ2v) is 5.07. The van der Waals surface area contributed by atoms with Crippen molar-refractivity contribution >= 4 is 5.97 Å². The normalized spacial score (nSPS) is 31.4. The van der Waals surface area contributed by atoms with Crippen LogP contribution in [0.5, 0.6) is 0 Å². The van der Waals surface area contributed by atoms with E-state index in [1.54, 1.807) is 0 Å². The molecule has 0 saturated heterocycles. The highest BCUT2D eigenvalue weighted by Gasteiger charge is 2.36. The Bertz CT molecular complexity index is 251. The summed E-state index contributed by atoms with van der Waals surface area (Å²) < 4.78 is 0. The Balaban J connectivity index is 2.03. The third kappa shape index (κ3) is 2.55. The van der Waals surface area contributed by atoms with Crippen LogP contribution in [0.1, 0.15) is 44.9 Å². The van der Waals surface area contributed by atoms with Crippen molar-refractivity contribution in [3.63, 3.8) is 0 Å². The monoisotopic (exact) mass is 227 g/mol. The summed E-state index contributed by atoms with van der Waals surface area (Å²) in [6.07, 6.45) is 7.06. The molecule has 0 aliphatic heterocycles. The molecule has 2 saturated carbocycles. The molecule has 0 heterocycles. The Kier molecular flexibility index (Phi) is 3.82. The molecule has 0 radical (unpaired) electrons. The number of aliphatic hydroxyl groups is 1. The highest BCUT2D eigenvalue weighted by Crippen LogP contribution is 2.31. The first kappa shape index (κ1) is 11.9. The zero-order chi connectivity index (χ0) is 11.5. The number of aliphatic hydroxyl groups excluding tert-OH is 1. The van der Waals surface area contributed by atoms with Crippen molar-refractivity contribution in [2.45, 2.75) is 63.1 Å². The fourth-order valence-electron chi connectivity index (χ4n) is 3.22. The minimum atomic E-state index is -0.772. The molecule has 2 aliphatic carbocycles. The van der Waals surface area contributed by atoms with Gasteiger partial charge in [0.15, 0.2) is 0 Å². The van der Waals surface area contributed by atoms with Crippen molar-refractivity contribution in [3.8, 4) is 0 Å². The zero-order valence-corrected chi connectivity index (χ0v) is 9.64. The Hall–Kier alpha value is -0.610. The number of hydrogen-bond acceptors (Lipinski definition) is 3. The van der Waals surface area contributed by atoms with Crippen LogP contribution in [0, 0.1) is 0 Å². The van der Waals surface area contributed by atoms with E-state index >= 15 is 0 Å². The van der Waals surface area contributed by atoms with E-state index in [1.165, 1.54) is 12.8 Å². The van der Waals surface area contributed by atoms with E-state index in [0.29, 0.717) is 6.04 Å². The van der Waals surface area contributed by atoms with Gasteiger partial charge in [-0.2, -0.15) is 0 Å². The van der Waals surface area contributed by atoms with Gasteiger partial charge in [0, 0.05) is 12.1 Å². The van der Waals surface area contributed by atoms with E-state index in [9.17, 15) is 9.90 Å². The lowest BCUT2D eigenvalue weighted by molar-refractivity contribution is -0.140. The minimum Gasteiger partial charge on any atom is -0.480 e. The van der Waals surface area contributed by atoms with Crippen LogP contribution >= 0.6 is 0 Å². The lowest BCUT2D eigenvalue weighted by Crippen LogP contribution is -2.48. The van der Waals surface area contributed by atoms with E-state index in [2.05, 4.69) is 0 Å². The van der Waals surface area contributed by atoms with E-state index in [0.717, 1.165) is 32.1 Å². The zero-order valence-electron chi connectivity index (χ0n) is 9.64. The molecule has 0 aromatic rings. The molecule has 2 atom stereocenters. The number of carbonyl (C=O) groups is 1. The molecule has 16 heavy (non-hydrogen) atoms. The third-order valence-corrected chi connectivity index (χ3v) is 3.98. The van der Waals surface area contributed by atoms with Crippen molar-refractivity contribution in [3.05, 3.63) is 0 Å². The summed E-state index contributed by atoms with van der Waals surface area (Å²) in [6, 6.07) is 0.466. The van der Waals surface area contributed by atoms with Crippen molar-refractivity contribution in [1.29, 1.82) is 0 Å². The highest BCUT2D eigenvalue weighted by molar-refractivity contribution is 5.69. The Labute approximate surface area is 96.3 Å². The molecule has 4 nitrogen and oxygen atoms in total. The summed E-state index contributed by atoms with van der Waals surface area (Å²) in [7, 11) is 0.